The maximum absolute atomic E-state index is 13.0. The van der Waals surface area contributed by atoms with Crippen molar-refractivity contribution in [1.82, 2.24) is 9.97 Å². The molecule has 0 unspecified atom stereocenters. The molecule has 0 spiro atoms. The molecule has 0 aliphatic carbocycles. The second kappa shape index (κ2) is 20.6. The number of pyridine rings is 2. The van der Waals surface area contributed by atoms with E-state index in [-0.39, 0.29) is 36.6 Å². The Balaban J connectivity index is 0.00000400. The summed E-state index contributed by atoms with van der Waals surface area (Å²) in [5.74, 6) is 2.13. The quantitative estimate of drug-likeness (QED) is 0.119. The van der Waals surface area contributed by atoms with Crippen molar-refractivity contribution in [3.8, 4) is 0 Å². The summed E-state index contributed by atoms with van der Waals surface area (Å²) in [6, 6.07) is 15.9. The van der Waals surface area contributed by atoms with Gasteiger partial charge in [-0.1, -0.05) is 26.0 Å². The molecule has 0 bridgehead atoms. The minimum absolute atomic E-state index is 0. The zero-order valence-electron chi connectivity index (χ0n) is 23.2. The van der Waals surface area contributed by atoms with Gasteiger partial charge in [0.25, 0.3) is 0 Å². The van der Waals surface area contributed by atoms with E-state index in [0.717, 1.165) is 48.6 Å². The molecule has 3 aromatic rings. The normalized spacial score (nSPS) is 10.2. The van der Waals surface area contributed by atoms with Gasteiger partial charge in [-0.3, -0.25) is 19.6 Å². The molecule has 2 amide bonds. The zero-order chi connectivity index (χ0) is 27.0. The molecule has 2 heterocycles. The predicted molar refractivity (Wildman–Crippen MR) is 175 cm³/mol. The van der Waals surface area contributed by atoms with E-state index in [1.807, 2.05) is 120 Å². The van der Waals surface area contributed by atoms with Crippen molar-refractivity contribution in [2.24, 2.45) is 0 Å². The van der Waals surface area contributed by atoms with Crippen LogP contribution in [0.25, 0.3) is 0 Å². The number of hydrogen-bond donors (Lipinski definition) is 0. The molecule has 0 atom stereocenters. The fraction of sp³-hybridized carbons (Fsp3) is 0.400. The lowest BCUT2D eigenvalue weighted by atomic mass is 10.1. The fourth-order valence-electron chi connectivity index (χ4n) is 4.05. The number of nitrogens with zero attached hydrogens (tertiary/aromatic N) is 4. The van der Waals surface area contributed by atoms with E-state index in [1.165, 1.54) is 9.79 Å². The highest BCUT2D eigenvalue weighted by molar-refractivity contribution is 7.99. The molecule has 0 radical (unpaired) electrons. The van der Waals surface area contributed by atoms with Gasteiger partial charge in [0, 0.05) is 60.5 Å². The number of benzene rings is 1. The van der Waals surface area contributed by atoms with Crippen LogP contribution in [0, 0.1) is 0 Å². The van der Waals surface area contributed by atoms with Gasteiger partial charge in [-0.05, 0) is 73.6 Å². The number of para-hydroxylation sites is 2. The molecule has 40 heavy (non-hydrogen) atoms. The Hall–Kier alpha value is -2.26. The second-order valence-electron chi connectivity index (χ2n) is 8.76. The van der Waals surface area contributed by atoms with Crippen LogP contribution in [-0.2, 0) is 9.59 Å². The lowest BCUT2D eigenvalue weighted by molar-refractivity contribution is -0.119. The lowest BCUT2D eigenvalue weighted by Crippen LogP contribution is -2.36. The van der Waals surface area contributed by atoms with Crippen molar-refractivity contribution in [3.05, 3.63) is 73.3 Å². The SMILES string of the molecule is CCC(=O)N(CCCCSc1ccncc1)c1ccccc1N(CCCCSc1ccncc1)C(=O)CC.Cl.Cl. The van der Waals surface area contributed by atoms with Crippen LogP contribution < -0.4 is 9.80 Å². The molecule has 0 aliphatic heterocycles. The number of aromatic nitrogens is 2. The molecule has 0 saturated heterocycles. The Morgan fingerprint density at radius 3 is 1.35 bits per heavy atom. The summed E-state index contributed by atoms with van der Waals surface area (Å²) in [6.07, 6.45) is 11.9. The highest BCUT2D eigenvalue weighted by atomic mass is 35.5. The molecular weight excluding hydrogens is 583 g/mol. The molecular formula is C30H40Cl2N4O2S2. The lowest BCUT2D eigenvalue weighted by Gasteiger charge is -2.30. The maximum Gasteiger partial charge on any atom is 0.226 e. The molecule has 6 nitrogen and oxygen atoms in total. The Bertz CT molecular complexity index is 1040. The predicted octanol–water partition coefficient (Wildman–Crippen LogP) is 7.95. The van der Waals surface area contributed by atoms with Gasteiger partial charge in [0.05, 0.1) is 11.4 Å². The number of rotatable bonds is 16. The standard InChI is InChI=1S/C30H38N4O2S2.2ClH/c1-3-29(35)33(21-7-9-23-37-25-13-17-31-18-14-25)27-11-5-6-12-28(27)34(30(36)4-2)22-8-10-24-38-26-15-19-32-20-16-26;;/h5-6,11-20H,3-4,7-10,21-24H2,1-2H3;2*1H. The largest absolute Gasteiger partial charge is 0.310 e. The van der Waals surface area contributed by atoms with Crippen molar-refractivity contribution < 1.29 is 9.59 Å². The Kier molecular flexibility index (Phi) is 18.4. The summed E-state index contributed by atoms with van der Waals surface area (Å²) in [5, 5.41) is 0. The highest BCUT2D eigenvalue weighted by Gasteiger charge is 2.22. The fourth-order valence-corrected chi connectivity index (χ4v) is 5.85. The Morgan fingerprint density at radius 1 is 0.625 bits per heavy atom. The van der Waals surface area contributed by atoms with E-state index in [0.29, 0.717) is 25.9 Å². The summed E-state index contributed by atoms with van der Waals surface area (Å²) in [7, 11) is 0. The average Bonchev–Trinajstić information content (AvgIpc) is 2.97. The van der Waals surface area contributed by atoms with Crippen LogP contribution in [0.5, 0.6) is 0 Å². The number of anilines is 2. The monoisotopic (exact) mass is 622 g/mol. The smallest absolute Gasteiger partial charge is 0.226 e. The van der Waals surface area contributed by atoms with Crippen LogP contribution in [-0.4, -0.2) is 46.4 Å². The van der Waals surface area contributed by atoms with E-state index in [9.17, 15) is 9.59 Å². The number of thioether (sulfide) groups is 2. The summed E-state index contributed by atoms with van der Waals surface area (Å²) in [4.78, 5) is 40.4. The van der Waals surface area contributed by atoms with Crippen molar-refractivity contribution in [1.29, 1.82) is 0 Å². The van der Waals surface area contributed by atoms with E-state index in [1.54, 1.807) is 0 Å². The van der Waals surface area contributed by atoms with Crippen LogP contribution in [0.2, 0.25) is 0 Å². The van der Waals surface area contributed by atoms with Gasteiger partial charge in [-0.25, -0.2) is 0 Å². The number of halogens is 2. The molecule has 0 saturated carbocycles. The van der Waals surface area contributed by atoms with Crippen LogP contribution in [0.15, 0.2) is 83.1 Å². The third kappa shape index (κ3) is 11.7. The number of carbonyl (C=O) groups is 2. The van der Waals surface area contributed by atoms with E-state index in [2.05, 4.69) is 9.97 Å². The molecule has 0 fully saturated rings. The zero-order valence-corrected chi connectivity index (χ0v) is 26.5. The molecule has 10 heteroatoms. The summed E-state index contributed by atoms with van der Waals surface area (Å²) in [5.41, 5.74) is 1.66. The first-order valence-corrected chi connectivity index (χ1v) is 15.4. The second-order valence-corrected chi connectivity index (χ2v) is 11.1. The van der Waals surface area contributed by atoms with Gasteiger partial charge < -0.3 is 9.80 Å². The molecule has 0 aliphatic rings. The molecule has 0 N–H and O–H groups in total. The van der Waals surface area contributed by atoms with Crippen LogP contribution in [0.1, 0.15) is 52.4 Å². The van der Waals surface area contributed by atoms with Gasteiger partial charge in [0.1, 0.15) is 0 Å². The molecule has 218 valence electrons. The van der Waals surface area contributed by atoms with Crippen molar-refractivity contribution in [2.75, 3.05) is 34.4 Å². The van der Waals surface area contributed by atoms with E-state index in [4.69, 9.17) is 0 Å². The minimum Gasteiger partial charge on any atom is -0.310 e. The first-order chi connectivity index (χ1) is 18.6. The minimum atomic E-state index is 0. The van der Waals surface area contributed by atoms with E-state index < -0.39 is 0 Å². The first-order valence-electron chi connectivity index (χ1n) is 13.4. The molecule has 1 aromatic carbocycles. The molecule has 2 aromatic heterocycles. The number of hydrogen-bond acceptors (Lipinski definition) is 6. The Morgan fingerprint density at radius 2 is 1.00 bits per heavy atom. The van der Waals surface area contributed by atoms with Crippen molar-refractivity contribution in [2.45, 2.75) is 62.2 Å². The summed E-state index contributed by atoms with van der Waals surface area (Å²) < 4.78 is 0. The third-order valence-electron chi connectivity index (χ3n) is 6.06. The van der Waals surface area contributed by atoms with Gasteiger partial charge in [0.2, 0.25) is 11.8 Å². The summed E-state index contributed by atoms with van der Waals surface area (Å²) >= 11 is 3.61. The maximum atomic E-state index is 13.0. The van der Waals surface area contributed by atoms with Crippen molar-refractivity contribution in [3.63, 3.8) is 0 Å². The van der Waals surface area contributed by atoms with Crippen LogP contribution in [0.4, 0.5) is 11.4 Å². The average molecular weight is 624 g/mol. The Labute approximate surface area is 259 Å². The van der Waals surface area contributed by atoms with Crippen molar-refractivity contribution >= 4 is 71.5 Å². The first kappa shape index (κ1) is 35.8. The topological polar surface area (TPSA) is 66.4 Å². The number of carbonyl (C=O) groups excluding carboxylic acids is 2. The highest BCUT2D eigenvalue weighted by Crippen LogP contribution is 2.31. The van der Waals surface area contributed by atoms with Gasteiger partial charge in [-0.15, -0.1) is 48.3 Å². The third-order valence-corrected chi connectivity index (χ3v) is 8.26. The number of amides is 2. The number of unbranched alkanes of at least 4 members (excludes halogenated alkanes) is 2. The van der Waals surface area contributed by atoms with Crippen LogP contribution >= 0.6 is 48.3 Å². The van der Waals surface area contributed by atoms with Gasteiger partial charge in [-0.2, -0.15) is 0 Å². The van der Waals surface area contributed by atoms with Gasteiger partial charge >= 0.3 is 0 Å². The van der Waals surface area contributed by atoms with Gasteiger partial charge in [0.15, 0.2) is 0 Å². The van der Waals surface area contributed by atoms with E-state index >= 15 is 0 Å². The van der Waals surface area contributed by atoms with Crippen LogP contribution in [0.3, 0.4) is 0 Å². The summed E-state index contributed by atoms with van der Waals surface area (Å²) in [6.45, 7) is 5.06. The molecule has 3 rings (SSSR count).